The molecule has 0 aliphatic carbocycles. The SMILES string of the molecule is O=C(Cc1ccc(F)cc1)NNC(=O)Cc1cn(-c2ccccc2)nc1-c1ccc([N+](=O)[O-])cc1. The van der Waals surface area contributed by atoms with E-state index >= 15 is 0 Å². The van der Waals surface area contributed by atoms with Crippen LogP contribution < -0.4 is 10.9 Å². The molecular weight excluding hydrogens is 453 g/mol. The number of amides is 2. The van der Waals surface area contributed by atoms with Crippen molar-refractivity contribution in [3.63, 3.8) is 0 Å². The van der Waals surface area contributed by atoms with Crippen LogP contribution in [0.2, 0.25) is 0 Å². The molecule has 0 aliphatic heterocycles. The third kappa shape index (κ3) is 5.93. The second-order valence-electron chi connectivity index (χ2n) is 7.66. The number of rotatable bonds is 7. The molecule has 10 heteroatoms. The molecule has 0 fully saturated rings. The number of nitrogens with zero attached hydrogens (tertiary/aromatic N) is 3. The van der Waals surface area contributed by atoms with Crippen molar-refractivity contribution in [1.82, 2.24) is 20.6 Å². The number of hydrazine groups is 1. The van der Waals surface area contributed by atoms with E-state index in [4.69, 9.17) is 0 Å². The van der Waals surface area contributed by atoms with Crippen molar-refractivity contribution in [3.05, 3.63) is 112 Å². The fraction of sp³-hybridized carbons (Fsp3) is 0.0800. The Morgan fingerprint density at radius 3 is 2.14 bits per heavy atom. The van der Waals surface area contributed by atoms with Crippen molar-refractivity contribution in [2.45, 2.75) is 12.8 Å². The van der Waals surface area contributed by atoms with Crippen LogP contribution in [0.4, 0.5) is 10.1 Å². The van der Waals surface area contributed by atoms with Crippen LogP contribution >= 0.6 is 0 Å². The van der Waals surface area contributed by atoms with E-state index in [1.54, 1.807) is 23.0 Å². The summed E-state index contributed by atoms with van der Waals surface area (Å²) in [5.41, 5.74) is 7.69. The molecule has 0 spiro atoms. The van der Waals surface area contributed by atoms with Crippen molar-refractivity contribution in [2.24, 2.45) is 0 Å². The van der Waals surface area contributed by atoms with E-state index in [0.29, 0.717) is 22.4 Å². The normalized spacial score (nSPS) is 10.5. The molecule has 0 saturated carbocycles. The van der Waals surface area contributed by atoms with Crippen LogP contribution in [0.25, 0.3) is 16.9 Å². The maximum Gasteiger partial charge on any atom is 0.269 e. The molecule has 0 bridgehead atoms. The van der Waals surface area contributed by atoms with Gasteiger partial charge in [-0.2, -0.15) is 5.10 Å². The zero-order valence-corrected chi connectivity index (χ0v) is 18.3. The Morgan fingerprint density at radius 2 is 1.51 bits per heavy atom. The number of carbonyl (C=O) groups is 2. The molecule has 1 heterocycles. The van der Waals surface area contributed by atoms with Crippen molar-refractivity contribution in [3.8, 4) is 16.9 Å². The molecule has 0 radical (unpaired) electrons. The number of carbonyl (C=O) groups excluding carboxylic acids is 2. The maximum atomic E-state index is 13.0. The van der Waals surface area contributed by atoms with Crippen LogP contribution in [0, 0.1) is 15.9 Å². The number of nitrogens with one attached hydrogen (secondary N) is 2. The van der Waals surface area contributed by atoms with Gasteiger partial charge in [0.25, 0.3) is 5.69 Å². The molecule has 9 nitrogen and oxygen atoms in total. The lowest BCUT2D eigenvalue weighted by Crippen LogP contribution is -2.43. The lowest BCUT2D eigenvalue weighted by atomic mass is 10.1. The Bertz CT molecular complexity index is 1350. The topological polar surface area (TPSA) is 119 Å². The van der Waals surface area contributed by atoms with E-state index in [9.17, 15) is 24.1 Å². The third-order valence-corrected chi connectivity index (χ3v) is 5.13. The van der Waals surface area contributed by atoms with Crippen LogP contribution in [0.3, 0.4) is 0 Å². The standard InChI is InChI=1S/C25H20FN5O4/c26-20-10-6-17(7-11-20)14-23(32)27-28-24(33)15-19-16-30(21-4-2-1-3-5-21)29-25(19)18-8-12-22(13-9-18)31(34)35/h1-13,16H,14-15H2,(H,27,32)(H,28,33). The van der Waals surface area contributed by atoms with Gasteiger partial charge in [-0.25, -0.2) is 9.07 Å². The van der Waals surface area contributed by atoms with E-state index in [1.807, 2.05) is 30.3 Å². The van der Waals surface area contributed by atoms with Crippen molar-refractivity contribution in [2.75, 3.05) is 0 Å². The first-order chi connectivity index (χ1) is 16.9. The van der Waals surface area contributed by atoms with Crippen LogP contribution in [-0.4, -0.2) is 26.5 Å². The molecule has 4 rings (SSSR count). The van der Waals surface area contributed by atoms with Crippen LogP contribution in [0.1, 0.15) is 11.1 Å². The summed E-state index contributed by atoms with van der Waals surface area (Å²) in [6.45, 7) is 0. The van der Waals surface area contributed by atoms with Gasteiger partial charge in [0.15, 0.2) is 0 Å². The van der Waals surface area contributed by atoms with Gasteiger partial charge in [0.2, 0.25) is 11.8 Å². The first-order valence-electron chi connectivity index (χ1n) is 10.6. The summed E-state index contributed by atoms with van der Waals surface area (Å²) in [6.07, 6.45) is 1.57. The first-order valence-corrected chi connectivity index (χ1v) is 10.6. The highest BCUT2D eigenvalue weighted by atomic mass is 19.1. The number of benzene rings is 3. The second-order valence-corrected chi connectivity index (χ2v) is 7.66. The molecule has 2 N–H and O–H groups in total. The molecule has 0 unspecified atom stereocenters. The van der Waals surface area contributed by atoms with E-state index < -0.39 is 22.6 Å². The third-order valence-electron chi connectivity index (χ3n) is 5.13. The Labute approximate surface area is 199 Å². The van der Waals surface area contributed by atoms with Gasteiger partial charge in [-0.05, 0) is 42.0 Å². The lowest BCUT2D eigenvalue weighted by molar-refractivity contribution is -0.384. The molecule has 1 aromatic heterocycles. The predicted molar refractivity (Wildman–Crippen MR) is 126 cm³/mol. The largest absolute Gasteiger partial charge is 0.273 e. The summed E-state index contributed by atoms with van der Waals surface area (Å²) in [7, 11) is 0. The molecule has 35 heavy (non-hydrogen) atoms. The highest BCUT2D eigenvalue weighted by Gasteiger charge is 2.17. The quantitative estimate of drug-likeness (QED) is 0.314. The zero-order chi connectivity index (χ0) is 24.8. The second kappa shape index (κ2) is 10.4. The van der Waals surface area contributed by atoms with Gasteiger partial charge in [0.1, 0.15) is 5.82 Å². The fourth-order valence-corrected chi connectivity index (χ4v) is 3.42. The Balaban J connectivity index is 1.49. The number of non-ortho nitro benzene ring substituents is 1. The van der Waals surface area contributed by atoms with Crippen LogP contribution in [0.15, 0.2) is 85.1 Å². The fourth-order valence-electron chi connectivity index (χ4n) is 3.42. The number of hydrogen-bond donors (Lipinski definition) is 2. The molecule has 4 aromatic rings. The summed E-state index contributed by atoms with van der Waals surface area (Å²) in [4.78, 5) is 35.2. The minimum atomic E-state index is -0.491. The number of hydrogen-bond acceptors (Lipinski definition) is 5. The predicted octanol–water partition coefficient (Wildman–Crippen LogP) is 3.52. The monoisotopic (exact) mass is 473 g/mol. The van der Waals surface area contributed by atoms with Gasteiger partial charge in [-0.3, -0.25) is 30.6 Å². The van der Waals surface area contributed by atoms with Gasteiger partial charge < -0.3 is 0 Å². The van der Waals surface area contributed by atoms with E-state index in [2.05, 4.69) is 16.0 Å². The smallest absolute Gasteiger partial charge is 0.269 e. The average Bonchev–Trinajstić information content (AvgIpc) is 3.28. The van der Waals surface area contributed by atoms with Gasteiger partial charge in [-0.15, -0.1) is 0 Å². The zero-order valence-electron chi connectivity index (χ0n) is 18.3. The van der Waals surface area contributed by atoms with Gasteiger partial charge >= 0.3 is 0 Å². The maximum absolute atomic E-state index is 13.0. The number of aromatic nitrogens is 2. The van der Waals surface area contributed by atoms with Crippen molar-refractivity contribution in [1.29, 1.82) is 0 Å². The van der Waals surface area contributed by atoms with Crippen LogP contribution in [0.5, 0.6) is 0 Å². The molecule has 176 valence electrons. The molecule has 0 saturated heterocycles. The number of nitro groups is 1. The minimum absolute atomic E-state index is 0.0272. The average molecular weight is 473 g/mol. The van der Waals surface area contributed by atoms with Gasteiger partial charge in [0.05, 0.1) is 29.1 Å². The van der Waals surface area contributed by atoms with Crippen molar-refractivity contribution < 1.29 is 18.9 Å². The number of halogens is 1. The van der Waals surface area contributed by atoms with Crippen LogP contribution in [-0.2, 0) is 22.4 Å². The molecular formula is C25H20FN5O4. The molecule has 0 atom stereocenters. The Hall–Kier alpha value is -4.86. The molecule has 3 aromatic carbocycles. The van der Waals surface area contributed by atoms with Crippen molar-refractivity contribution >= 4 is 17.5 Å². The van der Waals surface area contributed by atoms with Gasteiger partial charge in [-0.1, -0.05) is 30.3 Å². The molecule has 0 aliphatic rings. The summed E-state index contributed by atoms with van der Waals surface area (Å²) < 4.78 is 14.6. The Kier molecular flexibility index (Phi) is 6.91. The molecule has 2 amide bonds. The van der Waals surface area contributed by atoms with Gasteiger partial charge in [0, 0.05) is 29.5 Å². The number of para-hydroxylation sites is 1. The minimum Gasteiger partial charge on any atom is -0.273 e. The summed E-state index contributed by atoms with van der Waals surface area (Å²) in [5, 5.41) is 15.6. The van der Waals surface area contributed by atoms with E-state index in [1.165, 1.54) is 36.4 Å². The summed E-state index contributed by atoms with van der Waals surface area (Å²) >= 11 is 0. The van der Waals surface area contributed by atoms with E-state index in [-0.39, 0.29) is 18.5 Å². The summed E-state index contributed by atoms with van der Waals surface area (Å²) in [5.74, 6) is -1.34. The Morgan fingerprint density at radius 1 is 0.886 bits per heavy atom. The summed E-state index contributed by atoms with van der Waals surface area (Å²) in [6, 6.07) is 20.7. The highest BCUT2D eigenvalue weighted by molar-refractivity contribution is 5.85. The lowest BCUT2D eigenvalue weighted by Gasteiger charge is -2.08. The van der Waals surface area contributed by atoms with E-state index in [0.717, 1.165) is 5.69 Å². The first kappa shape index (κ1) is 23.3. The number of nitro benzene ring substituents is 1. The highest BCUT2D eigenvalue weighted by Crippen LogP contribution is 2.26.